The van der Waals surface area contributed by atoms with Crippen molar-refractivity contribution in [2.75, 3.05) is 11.9 Å². The number of hydrogen-bond donors (Lipinski definition) is 2. The molecule has 1 aromatic heterocycles. The molecule has 0 radical (unpaired) electrons. The molecule has 2 aromatic carbocycles. The van der Waals surface area contributed by atoms with Crippen molar-refractivity contribution in [1.29, 1.82) is 0 Å². The number of benzene rings is 2. The first-order chi connectivity index (χ1) is 13.6. The molecule has 28 heavy (non-hydrogen) atoms. The molecule has 0 fully saturated rings. The Bertz CT molecular complexity index is 973. The molecule has 0 amide bonds. The Morgan fingerprint density at radius 3 is 2.71 bits per heavy atom. The molecule has 0 bridgehead atoms. The summed E-state index contributed by atoms with van der Waals surface area (Å²) in [5.74, 6) is 0.742. The summed E-state index contributed by atoms with van der Waals surface area (Å²) in [5.41, 5.74) is 6.49. The summed E-state index contributed by atoms with van der Waals surface area (Å²) in [4.78, 5) is 4.88. The van der Waals surface area contributed by atoms with Gasteiger partial charge in [0.25, 0.3) is 0 Å². The minimum absolute atomic E-state index is 0.00453. The number of aliphatic hydroxyl groups is 1. The zero-order chi connectivity index (χ0) is 19.5. The third-order valence-electron chi connectivity index (χ3n) is 4.90. The fraction of sp³-hybridized carbons (Fsp3) is 0.261. The standard InChI is InChI=1S/C23H23ClN2O2/c1-15(14-27)28-19-10-8-18(9-11-19)25-23-13-22(16-4-2-5-17(24)12-16)26-21-7-3-6-20(21)23/h2,4-5,8-13,15,27H,3,6-7,14H2,1H3,(H,25,26). The van der Waals surface area contributed by atoms with Crippen LogP contribution in [0.15, 0.2) is 54.6 Å². The predicted molar refractivity (Wildman–Crippen MR) is 114 cm³/mol. The van der Waals surface area contributed by atoms with Crippen LogP contribution in [-0.2, 0) is 12.8 Å². The van der Waals surface area contributed by atoms with Gasteiger partial charge >= 0.3 is 0 Å². The Morgan fingerprint density at radius 1 is 1.14 bits per heavy atom. The third-order valence-corrected chi connectivity index (χ3v) is 5.13. The van der Waals surface area contributed by atoms with Crippen LogP contribution in [0.5, 0.6) is 5.75 Å². The molecule has 1 unspecified atom stereocenters. The van der Waals surface area contributed by atoms with Gasteiger partial charge in [-0.25, -0.2) is 0 Å². The van der Waals surface area contributed by atoms with Gasteiger partial charge < -0.3 is 15.2 Å². The zero-order valence-electron chi connectivity index (χ0n) is 15.8. The maximum absolute atomic E-state index is 9.12. The van der Waals surface area contributed by atoms with E-state index in [0.717, 1.165) is 53.3 Å². The monoisotopic (exact) mass is 394 g/mol. The van der Waals surface area contributed by atoms with Gasteiger partial charge in [0, 0.05) is 27.7 Å². The largest absolute Gasteiger partial charge is 0.488 e. The molecular weight excluding hydrogens is 372 g/mol. The molecule has 1 heterocycles. The van der Waals surface area contributed by atoms with Crippen LogP contribution in [0.3, 0.4) is 0 Å². The van der Waals surface area contributed by atoms with E-state index in [1.807, 2.05) is 55.5 Å². The van der Waals surface area contributed by atoms with Crippen LogP contribution in [0.1, 0.15) is 24.6 Å². The van der Waals surface area contributed by atoms with E-state index >= 15 is 0 Å². The number of rotatable bonds is 6. The summed E-state index contributed by atoms with van der Waals surface area (Å²) in [6.07, 6.45) is 2.95. The average molecular weight is 395 g/mol. The van der Waals surface area contributed by atoms with Gasteiger partial charge in [-0.3, -0.25) is 4.98 Å². The van der Waals surface area contributed by atoms with E-state index in [2.05, 4.69) is 11.4 Å². The number of halogens is 1. The van der Waals surface area contributed by atoms with E-state index in [9.17, 15) is 0 Å². The molecule has 0 saturated carbocycles. The van der Waals surface area contributed by atoms with Gasteiger partial charge in [-0.2, -0.15) is 0 Å². The molecule has 4 nitrogen and oxygen atoms in total. The zero-order valence-corrected chi connectivity index (χ0v) is 16.5. The Labute approximate surface area is 170 Å². The highest BCUT2D eigenvalue weighted by Crippen LogP contribution is 2.34. The van der Waals surface area contributed by atoms with E-state index in [0.29, 0.717) is 5.02 Å². The van der Waals surface area contributed by atoms with Gasteiger partial charge in [0.15, 0.2) is 0 Å². The smallest absolute Gasteiger partial charge is 0.119 e. The van der Waals surface area contributed by atoms with Gasteiger partial charge in [-0.05, 0) is 74.2 Å². The molecule has 0 spiro atoms. The number of nitrogens with one attached hydrogen (secondary N) is 1. The van der Waals surface area contributed by atoms with Crippen LogP contribution >= 0.6 is 11.6 Å². The number of nitrogens with zero attached hydrogens (tertiary/aromatic N) is 1. The number of pyridine rings is 1. The molecule has 3 aromatic rings. The number of anilines is 2. The molecule has 2 N–H and O–H groups in total. The first-order valence-electron chi connectivity index (χ1n) is 9.56. The summed E-state index contributed by atoms with van der Waals surface area (Å²) < 4.78 is 5.63. The van der Waals surface area contributed by atoms with E-state index in [1.165, 1.54) is 5.56 Å². The fourth-order valence-corrected chi connectivity index (χ4v) is 3.68. The molecule has 0 saturated heterocycles. The fourth-order valence-electron chi connectivity index (χ4n) is 3.49. The molecular formula is C23H23ClN2O2. The van der Waals surface area contributed by atoms with Gasteiger partial charge in [-0.1, -0.05) is 23.7 Å². The normalized spacial score (nSPS) is 13.8. The van der Waals surface area contributed by atoms with E-state index < -0.39 is 0 Å². The molecule has 1 atom stereocenters. The minimum atomic E-state index is -0.220. The van der Waals surface area contributed by atoms with E-state index in [1.54, 1.807) is 0 Å². The lowest BCUT2D eigenvalue weighted by molar-refractivity contribution is 0.130. The van der Waals surface area contributed by atoms with Crippen LogP contribution in [-0.4, -0.2) is 22.8 Å². The molecule has 5 heteroatoms. The van der Waals surface area contributed by atoms with Crippen molar-refractivity contribution >= 4 is 23.0 Å². The van der Waals surface area contributed by atoms with Gasteiger partial charge in [0.1, 0.15) is 11.9 Å². The Morgan fingerprint density at radius 2 is 1.96 bits per heavy atom. The second-order valence-electron chi connectivity index (χ2n) is 7.10. The predicted octanol–water partition coefficient (Wildman–Crippen LogP) is 5.39. The SMILES string of the molecule is CC(CO)Oc1ccc(Nc2cc(-c3cccc(Cl)c3)nc3c2CCC3)cc1. The highest BCUT2D eigenvalue weighted by molar-refractivity contribution is 6.30. The van der Waals surface area contributed by atoms with Crippen molar-refractivity contribution < 1.29 is 9.84 Å². The van der Waals surface area contributed by atoms with Crippen LogP contribution < -0.4 is 10.1 Å². The maximum atomic E-state index is 9.12. The van der Waals surface area contributed by atoms with Crippen LogP contribution in [0.4, 0.5) is 11.4 Å². The lowest BCUT2D eigenvalue weighted by Crippen LogP contribution is -2.16. The average Bonchev–Trinajstić information content (AvgIpc) is 3.18. The maximum Gasteiger partial charge on any atom is 0.119 e. The van der Waals surface area contributed by atoms with Crippen molar-refractivity contribution in [2.45, 2.75) is 32.3 Å². The number of ether oxygens (including phenoxy) is 1. The first-order valence-corrected chi connectivity index (χ1v) is 9.93. The Kier molecular flexibility index (Phi) is 5.51. The minimum Gasteiger partial charge on any atom is -0.488 e. The third kappa shape index (κ3) is 4.13. The van der Waals surface area contributed by atoms with E-state index in [-0.39, 0.29) is 12.7 Å². The lowest BCUT2D eigenvalue weighted by Gasteiger charge is -2.15. The van der Waals surface area contributed by atoms with Crippen LogP contribution in [0.2, 0.25) is 5.02 Å². The van der Waals surface area contributed by atoms with E-state index in [4.69, 9.17) is 26.4 Å². The summed E-state index contributed by atoms with van der Waals surface area (Å²) in [6, 6.07) is 17.7. The second-order valence-corrected chi connectivity index (χ2v) is 7.54. The number of aliphatic hydroxyl groups excluding tert-OH is 1. The molecule has 144 valence electrons. The lowest BCUT2D eigenvalue weighted by atomic mass is 10.1. The second kappa shape index (κ2) is 8.21. The number of hydrogen-bond acceptors (Lipinski definition) is 4. The van der Waals surface area contributed by atoms with Crippen molar-refractivity contribution in [3.8, 4) is 17.0 Å². The molecule has 0 aliphatic heterocycles. The number of aryl methyl sites for hydroxylation is 1. The number of aromatic nitrogens is 1. The molecule has 1 aliphatic rings. The molecule has 4 rings (SSSR count). The van der Waals surface area contributed by atoms with Crippen molar-refractivity contribution in [2.24, 2.45) is 0 Å². The first kappa shape index (κ1) is 18.8. The highest BCUT2D eigenvalue weighted by atomic mass is 35.5. The van der Waals surface area contributed by atoms with Gasteiger partial charge in [0.2, 0.25) is 0 Å². The Hall–Kier alpha value is -2.56. The van der Waals surface area contributed by atoms with Crippen LogP contribution in [0.25, 0.3) is 11.3 Å². The van der Waals surface area contributed by atoms with Crippen molar-refractivity contribution in [3.63, 3.8) is 0 Å². The van der Waals surface area contributed by atoms with Crippen molar-refractivity contribution in [1.82, 2.24) is 4.98 Å². The van der Waals surface area contributed by atoms with Gasteiger partial charge in [0.05, 0.1) is 12.3 Å². The van der Waals surface area contributed by atoms with Crippen LogP contribution in [0, 0.1) is 0 Å². The topological polar surface area (TPSA) is 54.4 Å². The highest BCUT2D eigenvalue weighted by Gasteiger charge is 2.19. The summed E-state index contributed by atoms with van der Waals surface area (Å²) in [6.45, 7) is 1.83. The van der Waals surface area contributed by atoms with Crippen molar-refractivity contribution in [3.05, 3.63) is 70.9 Å². The molecule has 1 aliphatic carbocycles. The Balaban J connectivity index is 1.62. The quantitative estimate of drug-likeness (QED) is 0.588. The summed E-state index contributed by atoms with van der Waals surface area (Å²) in [5, 5.41) is 13.4. The summed E-state index contributed by atoms with van der Waals surface area (Å²) in [7, 11) is 0. The summed E-state index contributed by atoms with van der Waals surface area (Å²) >= 11 is 6.17. The number of fused-ring (bicyclic) bond motifs is 1. The van der Waals surface area contributed by atoms with Gasteiger partial charge in [-0.15, -0.1) is 0 Å².